The van der Waals surface area contributed by atoms with Crippen molar-refractivity contribution in [2.75, 3.05) is 12.0 Å². The van der Waals surface area contributed by atoms with Gasteiger partial charge >= 0.3 is 0 Å². The molecule has 0 N–H and O–H groups in total. The molecule has 22 heavy (non-hydrogen) atoms. The molecule has 1 aromatic heterocycles. The lowest BCUT2D eigenvalue weighted by atomic mass is 10.1. The van der Waals surface area contributed by atoms with E-state index in [4.69, 9.17) is 9.26 Å². The molecule has 0 atom stereocenters. The van der Waals surface area contributed by atoms with Crippen LogP contribution in [0.15, 0.2) is 40.9 Å². The van der Waals surface area contributed by atoms with Gasteiger partial charge in [-0.05, 0) is 17.5 Å². The lowest BCUT2D eigenvalue weighted by Gasteiger charge is -2.14. The normalized spacial score (nSPS) is 13.3. The highest BCUT2D eigenvalue weighted by Gasteiger charge is 2.30. The molecule has 0 bridgehead atoms. The van der Waals surface area contributed by atoms with Gasteiger partial charge < -0.3 is 9.26 Å². The van der Waals surface area contributed by atoms with Gasteiger partial charge in [0.1, 0.15) is 13.2 Å². The Labute approximate surface area is 126 Å². The molecule has 0 unspecified atom stereocenters. The molecular weight excluding hydrogens is 282 g/mol. The number of benzene rings is 2. The summed E-state index contributed by atoms with van der Waals surface area (Å²) in [4.78, 5) is 18.5. The number of hydrogen-bond donors (Lipinski definition) is 0. The third kappa shape index (κ3) is 1.88. The lowest BCUT2D eigenvalue weighted by molar-refractivity contribution is 0.0988. The highest BCUT2D eigenvalue weighted by molar-refractivity contribution is 6.24. The quantitative estimate of drug-likeness (QED) is 0.740. The minimum atomic E-state index is -0.0432. The van der Waals surface area contributed by atoms with Crippen molar-refractivity contribution in [1.29, 1.82) is 0 Å². The van der Waals surface area contributed by atoms with Gasteiger partial charge in [0.25, 0.3) is 5.91 Å². The second-order valence-electron chi connectivity index (χ2n) is 5.11. The van der Waals surface area contributed by atoms with Gasteiger partial charge in [-0.1, -0.05) is 29.4 Å². The Morgan fingerprint density at radius 2 is 2.05 bits per heavy atom. The Morgan fingerprint density at radius 1 is 1.23 bits per heavy atom. The Balaban J connectivity index is 1.72. The fraction of sp³-hybridized carbons (Fsp3) is 0.188. The number of aromatic nitrogens is 2. The van der Waals surface area contributed by atoms with Crippen molar-refractivity contribution in [2.45, 2.75) is 13.2 Å². The Bertz CT molecular complexity index is 867. The summed E-state index contributed by atoms with van der Waals surface area (Å²) in [5.41, 5.74) is 1.59. The zero-order valence-corrected chi connectivity index (χ0v) is 11.9. The number of ether oxygens (including phenoxy) is 1. The van der Waals surface area contributed by atoms with Crippen LogP contribution in [0.1, 0.15) is 22.1 Å². The number of carbonyl (C=O) groups is 1. The maximum atomic E-state index is 12.6. The zero-order chi connectivity index (χ0) is 15.1. The molecule has 1 amide bonds. The first-order valence-electron chi connectivity index (χ1n) is 6.92. The minimum Gasteiger partial charge on any atom is -0.377 e. The second-order valence-corrected chi connectivity index (χ2v) is 5.11. The molecule has 110 valence electrons. The van der Waals surface area contributed by atoms with Crippen molar-refractivity contribution in [3.63, 3.8) is 0 Å². The van der Waals surface area contributed by atoms with Crippen molar-refractivity contribution < 1.29 is 14.1 Å². The van der Waals surface area contributed by atoms with Crippen LogP contribution in [0.2, 0.25) is 0 Å². The first kappa shape index (κ1) is 13.0. The molecule has 3 aromatic rings. The Hall–Kier alpha value is -2.73. The van der Waals surface area contributed by atoms with Crippen LogP contribution >= 0.6 is 0 Å². The molecule has 1 aliphatic rings. The fourth-order valence-electron chi connectivity index (χ4n) is 2.81. The van der Waals surface area contributed by atoms with E-state index in [1.165, 1.54) is 0 Å². The van der Waals surface area contributed by atoms with Crippen LogP contribution in [-0.2, 0) is 17.9 Å². The summed E-state index contributed by atoms with van der Waals surface area (Å²) in [5, 5.41) is 5.85. The number of methoxy groups -OCH3 is 1. The molecule has 0 aliphatic carbocycles. The van der Waals surface area contributed by atoms with Gasteiger partial charge in [0.2, 0.25) is 5.89 Å². The molecule has 0 spiro atoms. The van der Waals surface area contributed by atoms with Gasteiger partial charge in [0, 0.05) is 18.1 Å². The first-order chi connectivity index (χ1) is 10.8. The maximum absolute atomic E-state index is 12.6. The summed E-state index contributed by atoms with van der Waals surface area (Å²) < 4.78 is 10.2. The van der Waals surface area contributed by atoms with E-state index >= 15 is 0 Å². The number of amides is 1. The summed E-state index contributed by atoms with van der Waals surface area (Å²) in [7, 11) is 1.57. The van der Waals surface area contributed by atoms with Gasteiger partial charge in [0.15, 0.2) is 5.82 Å². The highest BCUT2D eigenvalue weighted by atomic mass is 16.5. The van der Waals surface area contributed by atoms with Crippen molar-refractivity contribution in [3.8, 4) is 0 Å². The van der Waals surface area contributed by atoms with Crippen LogP contribution in [0.4, 0.5) is 5.69 Å². The molecule has 0 fully saturated rings. The predicted molar refractivity (Wildman–Crippen MR) is 79.5 cm³/mol. The molecule has 0 saturated heterocycles. The van der Waals surface area contributed by atoms with E-state index in [1.807, 2.05) is 36.4 Å². The van der Waals surface area contributed by atoms with Gasteiger partial charge in [0.05, 0.1) is 5.69 Å². The number of anilines is 1. The third-order valence-corrected chi connectivity index (χ3v) is 3.73. The Morgan fingerprint density at radius 3 is 2.86 bits per heavy atom. The van der Waals surface area contributed by atoms with E-state index < -0.39 is 0 Å². The van der Waals surface area contributed by atoms with Crippen LogP contribution in [0.25, 0.3) is 10.8 Å². The standard InChI is InChI=1S/C16H13N3O3/c1-21-9-13-17-14(22-18-13)8-19-12-7-3-5-10-4-2-6-11(15(10)12)16(19)20/h2-7H,8-9H2,1H3. The fourth-order valence-corrected chi connectivity index (χ4v) is 2.81. The topological polar surface area (TPSA) is 68.5 Å². The largest absolute Gasteiger partial charge is 0.377 e. The molecule has 6 nitrogen and oxygen atoms in total. The van der Waals surface area contributed by atoms with Crippen molar-refractivity contribution >= 4 is 22.4 Å². The monoisotopic (exact) mass is 295 g/mol. The van der Waals surface area contributed by atoms with E-state index in [0.717, 1.165) is 16.5 Å². The summed E-state index contributed by atoms with van der Waals surface area (Å²) in [5.74, 6) is 0.823. The average Bonchev–Trinajstić information content (AvgIpc) is 3.08. The zero-order valence-electron chi connectivity index (χ0n) is 11.9. The highest BCUT2D eigenvalue weighted by Crippen LogP contribution is 2.37. The molecule has 0 radical (unpaired) electrons. The summed E-state index contributed by atoms with van der Waals surface area (Å²) in [6.07, 6.45) is 0. The lowest BCUT2D eigenvalue weighted by Crippen LogP contribution is -2.26. The van der Waals surface area contributed by atoms with Gasteiger partial charge in [-0.2, -0.15) is 4.98 Å². The van der Waals surface area contributed by atoms with Crippen molar-refractivity contribution in [2.24, 2.45) is 0 Å². The van der Waals surface area contributed by atoms with E-state index in [0.29, 0.717) is 17.3 Å². The minimum absolute atomic E-state index is 0.0432. The van der Waals surface area contributed by atoms with E-state index in [1.54, 1.807) is 12.0 Å². The van der Waals surface area contributed by atoms with Crippen LogP contribution in [-0.4, -0.2) is 23.2 Å². The predicted octanol–water partition coefficient (Wildman–Crippen LogP) is 2.53. The number of carbonyl (C=O) groups excluding carboxylic acids is 1. The van der Waals surface area contributed by atoms with Gasteiger partial charge in [-0.25, -0.2) is 0 Å². The van der Waals surface area contributed by atoms with E-state index in [-0.39, 0.29) is 19.1 Å². The molecule has 2 aromatic carbocycles. The van der Waals surface area contributed by atoms with Crippen LogP contribution in [0, 0.1) is 0 Å². The number of rotatable bonds is 4. The smallest absolute Gasteiger partial charge is 0.259 e. The molecule has 6 heteroatoms. The molecule has 1 aliphatic heterocycles. The molecular formula is C16H13N3O3. The van der Waals surface area contributed by atoms with Crippen molar-refractivity contribution in [3.05, 3.63) is 53.7 Å². The second kappa shape index (κ2) is 4.92. The average molecular weight is 295 g/mol. The Kier molecular flexibility index (Phi) is 2.90. The summed E-state index contributed by atoms with van der Waals surface area (Å²) in [6, 6.07) is 11.6. The third-order valence-electron chi connectivity index (χ3n) is 3.73. The summed E-state index contributed by atoms with van der Waals surface area (Å²) >= 11 is 0. The first-order valence-corrected chi connectivity index (χ1v) is 6.92. The van der Waals surface area contributed by atoms with Crippen LogP contribution in [0.5, 0.6) is 0 Å². The SMILES string of the molecule is COCc1noc(CN2C(=O)c3cccc4cccc2c34)n1. The maximum Gasteiger partial charge on any atom is 0.259 e. The van der Waals surface area contributed by atoms with Crippen LogP contribution in [0.3, 0.4) is 0 Å². The molecule has 2 heterocycles. The summed E-state index contributed by atoms with van der Waals surface area (Å²) in [6.45, 7) is 0.538. The number of nitrogens with zero attached hydrogens (tertiary/aromatic N) is 3. The van der Waals surface area contributed by atoms with Gasteiger partial charge in [-0.15, -0.1) is 0 Å². The van der Waals surface area contributed by atoms with E-state index in [9.17, 15) is 4.79 Å². The van der Waals surface area contributed by atoms with E-state index in [2.05, 4.69) is 10.1 Å². The van der Waals surface area contributed by atoms with Gasteiger partial charge in [-0.3, -0.25) is 9.69 Å². The van der Waals surface area contributed by atoms with Crippen molar-refractivity contribution in [1.82, 2.24) is 10.1 Å². The molecule has 0 saturated carbocycles. The number of hydrogen-bond acceptors (Lipinski definition) is 5. The molecule has 4 rings (SSSR count). The van der Waals surface area contributed by atoms with Crippen LogP contribution < -0.4 is 4.90 Å².